The average molecular weight is 332 g/mol. The molecule has 0 aliphatic carbocycles. The Morgan fingerprint density at radius 1 is 1.17 bits per heavy atom. The summed E-state index contributed by atoms with van der Waals surface area (Å²) in [5.74, 6) is 1.20. The topological polar surface area (TPSA) is 65.5 Å². The van der Waals surface area contributed by atoms with Crippen molar-refractivity contribution in [2.24, 2.45) is 10.4 Å². The van der Waals surface area contributed by atoms with E-state index in [1.807, 2.05) is 20.8 Å². The molecular weight excluding hydrogens is 300 g/mol. The van der Waals surface area contributed by atoms with E-state index in [9.17, 15) is 4.79 Å². The fourth-order valence-corrected chi connectivity index (χ4v) is 2.19. The molecule has 1 amide bonds. The smallest absolute Gasteiger partial charge is 0.225 e. The zero-order valence-electron chi connectivity index (χ0n) is 15.9. The van der Waals surface area contributed by atoms with Gasteiger partial charge in [0.05, 0.1) is 0 Å². The van der Waals surface area contributed by atoms with Gasteiger partial charge in [0.2, 0.25) is 5.91 Å². The van der Waals surface area contributed by atoms with Crippen molar-refractivity contribution in [3.63, 3.8) is 0 Å². The summed E-state index contributed by atoms with van der Waals surface area (Å²) in [6.45, 7) is 12.0. The normalized spacial score (nSPS) is 13.3. The molecule has 0 aromatic heterocycles. The van der Waals surface area contributed by atoms with Crippen LogP contribution in [0.25, 0.3) is 0 Å². The number of carbonyl (C=O) groups excluding carboxylic acids is 1. The zero-order chi connectivity index (χ0) is 18.2. The number of guanidine groups is 1. The van der Waals surface area contributed by atoms with Crippen LogP contribution in [0.15, 0.2) is 29.3 Å². The maximum absolute atomic E-state index is 11.8. The predicted octanol–water partition coefficient (Wildman–Crippen LogP) is 2.43. The summed E-state index contributed by atoms with van der Waals surface area (Å²) < 4.78 is 0. The van der Waals surface area contributed by atoms with Crippen molar-refractivity contribution in [1.29, 1.82) is 0 Å². The van der Waals surface area contributed by atoms with Crippen LogP contribution in [-0.2, 0) is 4.79 Å². The number of aryl methyl sites for hydroxylation is 1. The monoisotopic (exact) mass is 332 g/mol. The Bertz CT molecular complexity index is 561. The minimum atomic E-state index is -0.358. The summed E-state index contributed by atoms with van der Waals surface area (Å²) >= 11 is 0. The largest absolute Gasteiger partial charge is 0.356 e. The Morgan fingerprint density at radius 3 is 2.42 bits per heavy atom. The lowest BCUT2D eigenvalue weighted by atomic mass is 9.96. The molecule has 0 aliphatic rings. The highest BCUT2D eigenvalue weighted by atomic mass is 16.2. The van der Waals surface area contributed by atoms with E-state index in [1.165, 1.54) is 11.1 Å². The summed E-state index contributed by atoms with van der Waals surface area (Å²) in [7, 11) is 1.75. The minimum absolute atomic E-state index is 0.0558. The summed E-state index contributed by atoms with van der Waals surface area (Å²) in [4.78, 5) is 16.0. The van der Waals surface area contributed by atoms with E-state index in [4.69, 9.17) is 0 Å². The average Bonchev–Trinajstić information content (AvgIpc) is 2.52. The van der Waals surface area contributed by atoms with Crippen LogP contribution >= 0.6 is 0 Å². The van der Waals surface area contributed by atoms with Crippen molar-refractivity contribution >= 4 is 11.9 Å². The van der Waals surface area contributed by atoms with Gasteiger partial charge in [0.15, 0.2) is 5.96 Å². The van der Waals surface area contributed by atoms with Gasteiger partial charge in [0.25, 0.3) is 0 Å². The number of nitrogens with zero attached hydrogens (tertiary/aromatic N) is 1. The molecule has 1 atom stereocenters. The summed E-state index contributed by atoms with van der Waals surface area (Å²) in [5.41, 5.74) is 2.23. The van der Waals surface area contributed by atoms with E-state index in [0.29, 0.717) is 19.0 Å². The van der Waals surface area contributed by atoms with Crippen LogP contribution < -0.4 is 16.0 Å². The standard InChI is InChI=1S/C19H32N4O/c1-14-8-7-9-16(12-14)15(2)13-23-18(20-6)22-11-10-21-17(24)19(3,4)5/h7-9,12,15H,10-11,13H2,1-6H3,(H,21,24)(H2,20,22,23). The first-order valence-corrected chi connectivity index (χ1v) is 8.53. The van der Waals surface area contributed by atoms with Crippen molar-refractivity contribution in [1.82, 2.24) is 16.0 Å². The number of benzene rings is 1. The molecule has 0 spiro atoms. The fourth-order valence-electron chi connectivity index (χ4n) is 2.19. The van der Waals surface area contributed by atoms with Crippen molar-refractivity contribution < 1.29 is 4.79 Å². The highest BCUT2D eigenvalue weighted by Gasteiger charge is 2.20. The predicted molar refractivity (Wildman–Crippen MR) is 101 cm³/mol. The highest BCUT2D eigenvalue weighted by Crippen LogP contribution is 2.15. The van der Waals surface area contributed by atoms with E-state index in [2.05, 4.69) is 59.1 Å². The van der Waals surface area contributed by atoms with Crippen molar-refractivity contribution in [2.75, 3.05) is 26.7 Å². The van der Waals surface area contributed by atoms with Crippen LogP contribution in [0.3, 0.4) is 0 Å². The molecule has 24 heavy (non-hydrogen) atoms. The van der Waals surface area contributed by atoms with Gasteiger partial charge in [-0.1, -0.05) is 57.5 Å². The number of nitrogens with one attached hydrogen (secondary N) is 3. The van der Waals surface area contributed by atoms with E-state index in [-0.39, 0.29) is 11.3 Å². The Labute approximate surface area is 146 Å². The Balaban J connectivity index is 2.34. The van der Waals surface area contributed by atoms with E-state index < -0.39 is 0 Å². The Hall–Kier alpha value is -2.04. The van der Waals surface area contributed by atoms with Gasteiger partial charge in [-0.15, -0.1) is 0 Å². The van der Waals surface area contributed by atoms with Crippen LogP contribution in [0.1, 0.15) is 44.7 Å². The molecule has 1 rings (SSSR count). The molecule has 1 aromatic carbocycles. The van der Waals surface area contributed by atoms with Crippen LogP contribution in [0, 0.1) is 12.3 Å². The second-order valence-electron chi connectivity index (χ2n) is 7.20. The molecule has 3 N–H and O–H groups in total. The van der Waals surface area contributed by atoms with Gasteiger partial charge in [0.1, 0.15) is 0 Å². The number of aliphatic imine (C=N–C) groups is 1. The minimum Gasteiger partial charge on any atom is -0.356 e. The van der Waals surface area contributed by atoms with E-state index >= 15 is 0 Å². The van der Waals surface area contributed by atoms with Gasteiger partial charge in [-0.3, -0.25) is 9.79 Å². The molecule has 5 nitrogen and oxygen atoms in total. The lowest BCUT2D eigenvalue weighted by Crippen LogP contribution is -2.44. The molecule has 134 valence electrons. The Morgan fingerprint density at radius 2 is 1.83 bits per heavy atom. The quantitative estimate of drug-likeness (QED) is 0.426. The summed E-state index contributed by atoms with van der Waals surface area (Å²) in [6, 6.07) is 8.56. The highest BCUT2D eigenvalue weighted by molar-refractivity contribution is 5.81. The SMILES string of the molecule is CN=C(NCCNC(=O)C(C)(C)C)NCC(C)c1cccc(C)c1. The summed E-state index contributed by atoms with van der Waals surface area (Å²) in [6.07, 6.45) is 0. The number of hydrogen-bond acceptors (Lipinski definition) is 2. The maximum Gasteiger partial charge on any atom is 0.225 e. The first-order valence-electron chi connectivity index (χ1n) is 8.53. The zero-order valence-corrected chi connectivity index (χ0v) is 15.9. The molecule has 0 fully saturated rings. The van der Waals surface area contributed by atoms with Gasteiger partial charge in [-0.2, -0.15) is 0 Å². The molecule has 0 saturated carbocycles. The number of amides is 1. The lowest BCUT2D eigenvalue weighted by molar-refractivity contribution is -0.128. The van der Waals surface area contributed by atoms with Gasteiger partial charge in [-0.05, 0) is 18.4 Å². The molecular formula is C19H32N4O. The second-order valence-corrected chi connectivity index (χ2v) is 7.20. The van der Waals surface area contributed by atoms with Crippen molar-refractivity contribution in [3.05, 3.63) is 35.4 Å². The molecule has 0 bridgehead atoms. The van der Waals surface area contributed by atoms with Gasteiger partial charge >= 0.3 is 0 Å². The van der Waals surface area contributed by atoms with E-state index in [1.54, 1.807) is 7.05 Å². The van der Waals surface area contributed by atoms with Crippen LogP contribution in [0.5, 0.6) is 0 Å². The third kappa shape index (κ3) is 7.02. The molecule has 0 heterocycles. The second kappa shape index (κ2) is 9.30. The van der Waals surface area contributed by atoms with Crippen LogP contribution in [-0.4, -0.2) is 38.5 Å². The number of carbonyl (C=O) groups is 1. The Kier molecular flexibility index (Phi) is 7.75. The van der Waals surface area contributed by atoms with Crippen LogP contribution in [0.4, 0.5) is 0 Å². The fraction of sp³-hybridized carbons (Fsp3) is 0.579. The van der Waals surface area contributed by atoms with Crippen molar-refractivity contribution in [2.45, 2.75) is 40.5 Å². The number of hydrogen-bond donors (Lipinski definition) is 3. The third-order valence-electron chi connectivity index (χ3n) is 3.79. The lowest BCUT2D eigenvalue weighted by Gasteiger charge is -2.19. The molecule has 0 radical (unpaired) electrons. The molecule has 0 saturated heterocycles. The molecule has 1 unspecified atom stereocenters. The summed E-state index contributed by atoms with van der Waals surface area (Å²) in [5, 5.41) is 9.47. The van der Waals surface area contributed by atoms with E-state index in [0.717, 1.165) is 12.5 Å². The first-order chi connectivity index (χ1) is 11.2. The molecule has 1 aromatic rings. The van der Waals surface area contributed by atoms with Gasteiger partial charge in [-0.25, -0.2) is 0 Å². The molecule has 0 aliphatic heterocycles. The van der Waals surface area contributed by atoms with Gasteiger partial charge < -0.3 is 16.0 Å². The van der Waals surface area contributed by atoms with Crippen LogP contribution in [0.2, 0.25) is 0 Å². The van der Waals surface area contributed by atoms with Gasteiger partial charge in [0, 0.05) is 32.1 Å². The molecule has 5 heteroatoms. The number of rotatable bonds is 6. The third-order valence-corrected chi connectivity index (χ3v) is 3.79. The first kappa shape index (κ1) is 20.0. The maximum atomic E-state index is 11.8. The van der Waals surface area contributed by atoms with Crippen molar-refractivity contribution in [3.8, 4) is 0 Å².